The summed E-state index contributed by atoms with van der Waals surface area (Å²) in [5, 5.41) is 7.27. The summed E-state index contributed by atoms with van der Waals surface area (Å²) in [5.74, 6) is 0. The molecule has 1 aliphatic heterocycles. The van der Waals surface area contributed by atoms with Gasteiger partial charge in [-0.3, -0.25) is 0 Å². The van der Waals surface area contributed by atoms with Gasteiger partial charge in [0.1, 0.15) is 11.2 Å². The van der Waals surface area contributed by atoms with E-state index in [1.807, 2.05) is 23.9 Å². The van der Waals surface area contributed by atoms with E-state index < -0.39 is 5.41 Å². The minimum absolute atomic E-state index is 0.550. The Morgan fingerprint density at radius 2 is 1.03 bits per heavy atom. The van der Waals surface area contributed by atoms with Crippen LogP contribution in [0.2, 0.25) is 0 Å². The number of aromatic nitrogens is 1. The first-order valence-electron chi connectivity index (χ1n) is 21.6. The van der Waals surface area contributed by atoms with Gasteiger partial charge in [0.2, 0.25) is 0 Å². The van der Waals surface area contributed by atoms with Gasteiger partial charge in [0, 0.05) is 60.2 Å². The summed E-state index contributed by atoms with van der Waals surface area (Å²) in [6.45, 7) is 0. The lowest BCUT2D eigenvalue weighted by molar-refractivity contribution is 0.668. The molecule has 14 rings (SSSR count). The standard InChI is InChI=1S/C59H36N2OS/c1-2-16-38(17-3-1)60(40-29-32-44-43-18-4-8-24-52(43)61(53(44)35-40)41-30-33-46-45-19-5-9-25-54(45)62-55(46)36-41)39-28-31-42-47-20-12-14-37-15-13-23-50(58(37)47)59(51(42)34-39)48-21-6-10-26-56(48)63-57-27-11-7-22-49(57)59/h1-36H. The summed E-state index contributed by atoms with van der Waals surface area (Å²) in [6, 6.07) is 80.5. The fourth-order valence-electron chi connectivity index (χ4n) is 11.1. The normalized spacial score (nSPS) is 13.5. The van der Waals surface area contributed by atoms with Crippen molar-refractivity contribution in [1.29, 1.82) is 0 Å². The molecule has 1 aliphatic carbocycles. The van der Waals surface area contributed by atoms with Gasteiger partial charge in [-0.2, -0.15) is 0 Å². The summed E-state index contributed by atoms with van der Waals surface area (Å²) >= 11 is 1.88. The van der Waals surface area contributed by atoms with Crippen molar-refractivity contribution in [2.24, 2.45) is 0 Å². The van der Waals surface area contributed by atoms with Gasteiger partial charge in [0.15, 0.2) is 0 Å². The zero-order valence-electron chi connectivity index (χ0n) is 34.0. The molecule has 0 atom stereocenters. The number of hydrogen-bond donors (Lipinski definition) is 0. The fraction of sp³-hybridized carbons (Fsp3) is 0.0169. The van der Waals surface area contributed by atoms with Crippen LogP contribution in [0, 0.1) is 0 Å². The maximum absolute atomic E-state index is 6.45. The summed E-state index contributed by atoms with van der Waals surface area (Å²) in [5.41, 5.74) is 15.7. The van der Waals surface area contributed by atoms with Gasteiger partial charge in [0.25, 0.3) is 0 Å². The van der Waals surface area contributed by atoms with Crippen molar-refractivity contribution in [2.45, 2.75) is 15.2 Å². The van der Waals surface area contributed by atoms with E-state index in [4.69, 9.17) is 4.42 Å². The van der Waals surface area contributed by atoms with Crippen LogP contribution in [0.5, 0.6) is 0 Å². The lowest BCUT2D eigenvalue weighted by Gasteiger charge is -2.46. The van der Waals surface area contributed by atoms with Crippen molar-refractivity contribution >= 4 is 83.3 Å². The van der Waals surface area contributed by atoms with E-state index >= 15 is 0 Å². The van der Waals surface area contributed by atoms with E-state index in [2.05, 4.69) is 216 Å². The number of furan rings is 1. The highest BCUT2D eigenvalue weighted by Gasteiger charge is 2.48. The van der Waals surface area contributed by atoms with Crippen molar-refractivity contribution in [2.75, 3.05) is 4.90 Å². The third-order valence-corrected chi connectivity index (χ3v) is 14.8. The Morgan fingerprint density at radius 3 is 1.87 bits per heavy atom. The Kier molecular flexibility index (Phi) is 7.26. The predicted molar refractivity (Wildman–Crippen MR) is 262 cm³/mol. The quantitative estimate of drug-likeness (QED) is 0.176. The summed E-state index contributed by atoms with van der Waals surface area (Å²) in [7, 11) is 0. The third kappa shape index (κ3) is 4.81. The molecule has 1 spiro atoms. The molecule has 0 radical (unpaired) electrons. The van der Waals surface area contributed by atoms with Crippen molar-refractivity contribution in [3.05, 3.63) is 241 Å². The second-order valence-electron chi connectivity index (χ2n) is 16.8. The summed E-state index contributed by atoms with van der Waals surface area (Å²) in [6.07, 6.45) is 0. The molecule has 0 fully saturated rings. The minimum Gasteiger partial charge on any atom is -0.456 e. The molecule has 2 aromatic heterocycles. The van der Waals surface area contributed by atoms with Crippen LogP contribution in [0.15, 0.2) is 233 Å². The Morgan fingerprint density at radius 1 is 0.397 bits per heavy atom. The van der Waals surface area contributed by atoms with Gasteiger partial charge < -0.3 is 13.9 Å². The molecular formula is C59H36N2OS. The lowest BCUT2D eigenvalue weighted by Crippen LogP contribution is -2.36. The van der Waals surface area contributed by atoms with E-state index in [1.54, 1.807) is 0 Å². The second kappa shape index (κ2) is 13.1. The van der Waals surface area contributed by atoms with Crippen LogP contribution in [0.1, 0.15) is 22.3 Å². The molecule has 0 unspecified atom stereocenters. The molecule has 3 heterocycles. The lowest BCUT2D eigenvalue weighted by atomic mass is 9.59. The first kappa shape index (κ1) is 34.9. The molecule has 0 N–H and O–H groups in total. The van der Waals surface area contributed by atoms with Gasteiger partial charge in [-0.15, -0.1) is 0 Å². The number of nitrogens with zero attached hydrogens (tertiary/aromatic N) is 2. The molecule has 0 amide bonds. The monoisotopic (exact) mass is 820 g/mol. The average molecular weight is 821 g/mol. The number of anilines is 3. The zero-order chi connectivity index (χ0) is 41.2. The SMILES string of the molecule is c1ccc(N(c2ccc3c(c2)C2(c4ccccc4Sc4ccccc42)c2cccc4cccc-3c24)c2ccc3c4ccccc4n(-c4ccc5c(c4)oc4ccccc45)c3c2)cc1. The topological polar surface area (TPSA) is 21.3 Å². The smallest absolute Gasteiger partial charge is 0.137 e. The van der Waals surface area contributed by atoms with Crippen LogP contribution >= 0.6 is 11.8 Å². The number of rotatable bonds is 4. The molecule has 12 aromatic rings. The minimum atomic E-state index is -0.550. The van der Waals surface area contributed by atoms with Crippen LogP contribution < -0.4 is 4.90 Å². The first-order chi connectivity index (χ1) is 31.2. The highest BCUT2D eigenvalue weighted by atomic mass is 32.2. The van der Waals surface area contributed by atoms with Gasteiger partial charge in [0.05, 0.1) is 16.4 Å². The maximum Gasteiger partial charge on any atom is 0.137 e. The largest absolute Gasteiger partial charge is 0.456 e. The Bertz CT molecular complexity index is 3810. The summed E-state index contributed by atoms with van der Waals surface area (Å²) < 4.78 is 8.85. The van der Waals surface area contributed by atoms with Crippen molar-refractivity contribution in [1.82, 2.24) is 4.57 Å². The fourth-order valence-corrected chi connectivity index (χ4v) is 12.3. The van der Waals surface area contributed by atoms with E-state index in [-0.39, 0.29) is 0 Å². The van der Waals surface area contributed by atoms with Crippen LogP contribution in [-0.2, 0) is 5.41 Å². The summed E-state index contributed by atoms with van der Waals surface area (Å²) in [4.78, 5) is 5.03. The van der Waals surface area contributed by atoms with Gasteiger partial charge in [-0.25, -0.2) is 0 Å². The molecule has 0 saturated carbocycles. The molecule has 0 bridgehead atoms. The molecule has 10 aromatic carbocycles. The molecule has 294 valence electrons. The number of fused-ring (bicyclic) bond motifs is 14. The third-order valence-electron chi connectivity index (χ3n) is 13.6. The highest BCUT2D eigenvalue weighted by molar-refractivity contribution is 7.99. The molecule has 0 saturated heterocycles. The molecular weight excluding hydrogens is 785 g/mol. The van der Waals surface area contributed by atoms with Crippen LogP contribution in [0.3, 0.4) is 0 Å². The molecule has 63 heavy (non-hydrogen) atoms. The highest BCUT2D eigenvalue weighted by Crippen LogP contribution is 2.62. The van der Waals surface area contributed by atoms with Crippen LogP contribution in [0.25, 0.3) is 71.3 Å². The number of hydrogen-bond acceptors (Lipinski definition) is 3. The van der Waals surface area contributed by atoms with E-state index in [9.17, 15) is 0 Å². The number of para-hydroxylation sites is 3. The van der Waals surface area contributed by atoms with Gasteiger partial charge in [-0.05, 0) is 117 Å². The van der Waals surface area contributed by atoms with E-state index in [0.29, 0.717) is 0 Å². The Labute approximate surface area is 368 Å². The van der Waals surface area contributed by atoms with Crippen LogP contribution in [-0.4, -0.2) is 4.57 Å². The Hall–Kier alpha value is -7.79. The van der Waals surface area contributed by atoms with Gasteiger partial charge in [-0.1, -0.05) is 151 Å². The maximum atomic E-state index is 6.45. The average Bonchev–Trinajstić information content (AvgIpc) is 3.88. The van der Waals surface area contributed by atoms with Gasteiger partial charge >= 0.3 is 0 Å². The molecule has 4 heteroatoms. The second-order valence-corrected chi connectivity index (χ2v) is 17.9. The molecule has 3 nitrogen and oxygen atoms in total. The predicted octanol–water partition coefficient (Wildman–Crippen LogP) is 16.1. The van der Waals surface area contributed by atoms with Crippen molar-refractivity contribution < 1.29 is 4.42 Å². The van der Waals surface area contributed by atoms with Crippen LogP contribution in [0.4, 0.5) is 17.1 Å². The van der Waals surface area contributed by atoms with Crippen molar-refractivity contribution in [3.63, 3.8) is 0 Å². The molecule has 2 aliphatic rings. The van der Waals surface area contributed by atoms with E-state index in [0.717, 1.165) is 55.7 Å². The van der Waals surface area contributed by atoms with Crippen molar-refractivity contribution in [3.8, 4) is 16.8 Å². The number of benzene rings is 10. The Balaban J connectivity index is 1.04. The zero-order valence-corrected chi connectivity index (χ0v) is 34.8. The first-order valence-corrected chi connectivity index (χ1v) is 22.4. The van der Waals surface area contributed by atoms with E-state index in [1.165, 1.54) is 64.7 Å².